The fourth-order valence-corrected chi connectivity index (χ4v) is 2.78. The molecule has 1 aliphatic heterocycles. The van der Waals surface area contributed by atoms with Crippen molar-refractivity contribution >= 4 is 21.6 Å². The summed E-state index contributed by atoms with van der Waals surface area (Å²) in [6, 6.07) is 4.58. The van der Waals surface area contributed by atoms with Crippen molar-refractivity contribution in [3.05, 3.63) is 34.7 Å². The Kier molecular flexibility index (Phi) is 2.48. The minimum atomic E-state index is 0.499. The molecule has 0 spiro atoms. The molecule has 0 N–H and O–H groups in total. The second-order valence-corrected chi connectivity index (χ2v) is 5.33. The van der Waals surface area contributed by atoms with E-state index in [2.05, 4.69) is 49.7 Å². The first-order valence-electron chi connectivity index (χ1n) is 5.58. The molecule has 4 heteroatoms. The highest BCUT2D eigenvalue weighted by atomic mass is 79.9. The van der Waals surface area contributed by atoms with Crippen LogP contribution in [0.15, 0.2) is 29.0 Å². The molecule has 2 aromatic rings. The van der Waals surface area contributed by atoms with Crippen molar-refractivity contribution in [2.45, 2.75) is 18.9 Å². The van der Waals surface area contributed by atoms with Gasteiger partial charge in [0, 0.05) is 16.9 Å². The number of likely N-dealkylation sites (tertiary alicyclic amines) is 1. The minimum Gasteiger partial charge on any atom is -0.306 e. The van der Waals surface area contributed by atoms with Gasteiger partial charge in [0.1, 0.15) is 5.65 Å². The van der Waals surface area contributed by atoms with E-state index in [-0.39, 0.29) is 0 Å². The van der Waals surface area contributed by atoms with Crippen LogP contribution >= 0.6 is 15.9 Å². The molecule has 84 valence electrons. The standard InChI is InChI=1S/C12H14BrN3/c1-15-6-2-3-11(15)10-8-16-7-9(13)4-5-12(16)14-10/h4-5,7-8,11H,2-3,6H2,1H3. The average molecular weight is 280 g/mol. The molecule has 1 fully saturated rings. The molecular weight excluding hydrogens is 266 g/mol. The first kappa shape index (κ1) is 10.3. The fraction of sp³-hybridized carbons (Fsp3) is 0.417. The van der Waals surface area contributed by atoms with Crippen LogP contribution in [0.4, 0.5) is 0 Å². The van der Waals surface area contributed by atoms with Gasteiger partial charge in [0.05, 0.1) is 11.7 Å². The Hall–Kier alpha value is -0.870. The lowest BCUT2D eigenvalue weighted by Gasteiger charge is -2.16. The zero-order chi connectivity index (χ0) is 11.1. The van der Waals surface area contributed by atoms with E-state index in [0.717, 1.165) is 10.1 Å². The summed E-state index contributed by atoms with van der Waals surface area (Å²) in [6.45, 7) is 1.18. The van der Waals surface area contributed by atoms with E-state index in [1.54, 1.807) is 0 Å². The van der Waals surface area contributed by atoms with Crippen LogP contribution in [0.2, 0.25) is 0 Å². The summed E-state index contributed by atoms with van der Waals surface area (Å²) in [5, 5.41) is 0. The van der Waals surface area contributed by atoms with E-state index in [1.165, 1.54) is 25.1 Å². The summed E-state index contributed by atoms with van der Waals surface area (Å²) < 4.78 is 3.18. The van der Waals surface area contributed by atoms with Crippen molar-refractivity contribution in [1.29, 1.82) is 0 Å². The third-order valence-electron chi connectivity index (χ3n) is 3.30. The number of rotatable bonds is 1. The highest BCUT2D eigenvalue weighted by molar-refractivity contribution is 9.10. The summed E-state index contributed by atoms with van der Waals surface area (Å²) in [6.07, 6.45) is 6.70. The monoisotopic (exact) mass is 279 g/mol. The molecule has 1 atom stereocenters. The summed E-state index contributed by atoms with van der Waals surface area (Å²) >= 11 is 3.48. The highest BCUT2D eigenvalue weighted by Gasteiger charge is 2.24. The molecule has 1 aliphatic rings. The van der Waals surface area contributed by atoms with Gasteiger partial charge >= 0.3 is 0 Å². The summed E-state index contributed by atoms with van der Waals surface area (Å²) in [4.78, 5) is 7.07. The summed E-state index contributed by atoms with van der Waals surface area (Å²) in [5.41, 5.74) is 2.22. The molecule has 2 aromatic heterocycles. The van der Waals surface area contributed by atoms with Crippen LogP contribution in [0.5, 0.6) is 0 Å². The second kappa shape index (κ2) is 3.86. The quantitative estimate of drug-likeness (QED) is 0.800. The molecule has 3 nitrogen and oxygen atoms in total. The number of nitrogens with zero attached hydrogens (tertiary/aromatic N) is 3. The van der Waals surface area contributed by atoms with Crippen LogP contribution in [0.3, 0.4) is 0 Å². The van der Waals surface area contributed by atoms with Crippen LogP contribution in [-0.4, -0.2) is 27.9 Å². The van der Waals surface area contributed by atoms with Crippen molar-refractivity contribution in [3.63, 3.8) is 0 Å². The fourth-order valence-electron chi connectivity index (χ4n) is 2.43. The number of aromatic nitrogens is 2. The molecule has 1 saturated heterocycles. The van der Waals surface area contributed by atoms with Gasteiger partial charge in [-0.25, -0.2) is 4.98 Å². The Morgan fingerprint density at radius 2 is 2.25 bits per heavy atom. The molecule has 3 heterocycles. The van der Waals surface area contributed by atoms with Gasteiger partial charge in [-0.1, -0.05) is 0 Å². The summed E-state index contributed by atoms with van der Waals surface area (Å²) in [7, 11) is 2.18. The van der Waals surface area contributed by atoms with Gasteiger partial charge in [-0.3, -0.25) is 4.90 Å². The molecule has 16 heavy (non-hydrogen) atoms. The van der Waals surface area contributed by atoms with Gasteiger partial charge in [0.2, 0.25) is 0 Å². The molecule has 0 radical (unpaired) electrons. The normalized spacial score (nSPS) is 22.0. The van der Waals surface area contributed by atoms with Gasteiger partial charge in [-0.05, 0) is 54.5 Å². The van der Waals surface area contributed by atoms with E-state index in [4.69, 9.17) is 0 Å². The Balaban J connectivity index is 2.04. The van der Waals surface area contributed by atoms with Crippen LogP contribution in [-0.2, 0) is 0 Å². The molecule has 0 aliphatic carbocycles. The molecule has 0 saturated carbocycles. The lowest BCUT2D eigenvalue weighted by atomic mass is 10.2. The van der Waals surface area contributed by atoms with Crippen LogP contribution < -0.4 is 0 Å². The Morgan fingerprint density at radius 3 is 3.00 bits per heavy atom. The van der Waals surface area contributed by atoms with Crippen molar-refractivity contribution < 1.29 is 0 Å². The predicted octanol–water partition coefficient (Wildman–Crippen LogP) is 2.86. The Labute approximate surface area is 103 Å². The van der Waals surface area contributed by atoms with E-state index in [1.807, 2.05) is 12.1 Å². The van der Waals surface area contributed by atoms with Gasteiger partial charge in [-0.2, -0.15) is 0 Å². The van der Waals surface area contributed by atoms with Gasteiger partial charge < -0.3 is 4.40 Å². The number of fused-ring (bicyclic) bond motifs is 1. The van der Waals surface area contributed by atoms with Gasteiger partial charge in [0.25, 0.3) is 0 Å². The number of halogens is 1. The van der Waals surface area contributed by atoms with Crippen LogP contribution in [0.1, 0.15) is 24.6 Å². The SMILES string of the molecule is CN1CCCC1c1cn2cc(Br)ccc2n1. The minimum absolute atomic E-state index is 0.499. The first-order chi connectivity index (χ1) is 7.74. The van der Waals surface area contributed by atoms with Gasteiger partial charge in [0.15, 0.2) is 0 Å². The lowest BCUT2D eigenvalue weighted by Crippen LogP contribution is -2.17. The maximum absolute atomic E-state index is 4.69. The average Bonchev–Trinajstić information content (AvgIpc) is 2.82. The Morgan fingerprint density at radius 1 is 1.38 bits per heavy atom. The number of hydrogen-bond donors (Lipinski definition) is 0. The maximum atomic E-state index is 4.69. The van der Waals surface area contributed by atoms with E-state index in [0.29, 0.717) is 6.04 Å². The lowest BCUT2D eigenvalue weighted by molar-refractivity contribution is 0.313. The predicted molar refractivity (Wildman–Crippen MR) is 67.5 cm³/mol. The van der Waals surface area contributed by atoms with Crippen LogP contribution in [0, 0.1) is 0 Å². The molecule has 0 aromatic carbocycles. The number of imidazole rings is 1. The zero-order valence-electron chi connectivity index (χ0n) is 9.23. The van der Waals surface area contributed by atoms with Gasteiger partial charge in [-0.15, -0.1) is 0 Å². The van der Waals surface area contributed by atoms with E-state index >= 15 is 0 Å². The maximum Gasteiger partial charge on any atom is 0.137 e. The highest BCUT2D eigenvalue weighted by Crippen LogP contribution is 2.29. The zero-order valence-corrected chi connectivity index (χ0v) is 10.8. The molecule has 0 amide bonds. The smallest absolute Gasteiger partial charge is 0.137 e. The van der Waals surface area contributed by atoms with Crippen molar-refractivity contribution in [3.8, 4) is 0 Å². The van der Waals surface area contributed by atoms with Crippen molar-refractivity contribution in [1.82, 2.24) is 14.3 Å². The van der Waals surface area contributed by atoms with E-state index < -0.39 is 0 Å². The molecule has 1 unspecified atom stereocenters. The third-order valence-corrected chi connectivity index (χ3v) is 3.76. The molecular formula is C12H14BrN3. The number of hydrogen-bond acceptors (Lipinski definition) is 2. The van der Waals surface area contributed by atoms with E-state index in [9.17, 15) is 0 Å². The number of pyridine rings is 1. The first-order valence-corrected chi connectivity index (χ1v) is 6.38. The summed E-state index contributed by atoms with van der Waals surface area (Å²) in [5.74, 6) is 0. The topological polar surface area (TPSA) is 20.5 Å². The third kappa shape index (κ3) is 1.66. The van der Waals surface area contributed by atoms with Crippen molar-refractivity contribution in [2.75, 3.05) is 13.6 Å². The van der Waals surface area contributed by atoms with Crippen LogP contribution in [0.25, 0.3) is 5.65 Å². The second-order valence-electron chi connectivity index (χ2n) is 4.42. The molecule has 3 rings (SSSR count). The van der Waals surface area contributed by atoms with Crippen molar-refractivity contribution in [2.24, 2.45) is 0 Å². The Bertz CT molecular complexity index is 520. The largest absolute Gasteiger partial charge is 0.306 e. The molecule has 0 bridgehead atoms.